The summed E-state index contributed by atoms with van der Waals surface area (Å²) in [5.74, 6) is 1.19. The van der Waals surface area contributed by atoms with Gasteiger partial charge >= 0.3 is 0 Å². The number of aromatic nitrogens is 3. The highest BCUT2D eigenvalue weighted by molar-refractivity contribution is 6.30. The lowest BCUT2D eigenvalue weighted by Crippen LogP contribution is -2.40. The fourth-order valence-electron chi connectivity index (χ4n) is 3.52. The van der Waals surface area contributed by atoms with E-state index < -0.39 is 6.10 Å². The van der Waals surface area contributed by atoms with E-state index in [1.165, 1.54) is 0 Å². The average Bonchev–Trinajstić information content (AvgIpc) is 3.03. The molecule has 2 N–H and O–H groups in total. The third-order valence-corrected chi connectivity index (χ3v) is 5.12. The molecule has 0 spiro atoms. The number of nitrogens with one attached hydrogen (secondary N) is 1. The number of halogens is 1. The summed E-state index contributed by atoms with van der Waals surface area (Å²) in [6.45, 7) is 0.684. The predicted molar refractivity (Wildman–Crippen MR) is 90.1 cm³/mol. The van der Waals surface area contributed by atoms with Crippen molar-refractivity contribution in [3.8, 4) is 0 Å². The third kappa shape index (κ3) is 4.04. The largest absolute Gasteiger partial charge is 0.391 e. The maximum atomic E-state index is 12.2. The minimum Gasteiger partial charge on any atom is -0.391 e. The van der Waals surface area contributed by atoms with Crippen molar-refractivity contribution in [2.75, 3.05) is 0 Å². The molecule has 1 amide bonds. The molecule has 1 unspecified atom stereocenters. The number of rotatable bonds is 6. The Labute approximate surface area is 150 Å². The summed E-state index contributed by atoms with van der Waals surface area (Å²) in [6, 6.07) is 1.63. The van der Waals surface area contributed by atoms with E-state index in [0.717, 1.165) is 18.5 Å². The fourth-order valence-corrected chi connectivity index (χ4v) is 3.68. The number of carbonyl (C=O) groups is 1. The molecule has 0 saturated heterocycles. The van der Waals surface area contributed by atoms with Crippen molar-refractivity contribution in [1.29, 1.82) is 0 Å². The van der Waals surface area contributed by atoms with Gasteiger partial charge in [0.25, 0.3) is 0 Å². The highest BCUT2D eigenvalue weighted by Gasteiger charge is 2.34. The molecule has 2 heterocycles. The molecule has 25 heavy (non-hydrogen) atoms. The quantitative estimate of drug-likeness (QED) is 0.816. The molecule has 2 fully saturated rings. The van der Waals surface area contributed by atoms with Crippen LogP contribution in [-0.2, 0) is 17.8 Å². The smallest absolute Gasteiger partial charge is 0.228 e. The molecule has 2 aliphatic rings. The number of aliphatic hydroxyl groups is 1. The van der Waals surface area contributed by atoms with Crippen molar-refractivity contribution in [3.63, 3.8) is 0 Å². The standard InChI is InChI=1S/C17H21ClN4O3/c18-12-7-19-22(9-12)8-10-3-15(16(23)4-10)20-17(24)6-13-5-14(21-25-13)11-1-2-11/h5,7,9-11,15-16,23H,1-4,6,8H2,(H,20,24)/t10?,15-,16-/m1/s1. The maximum Gasteiger partial charge on any atom is 0.228 e. The second-order valence-electron chi connectivity index (χ2n) is 7.13. The van der Waals surface area contributed by atoms with Gasteiger partial charge in [-0.05, 0) is 31.6 Å². The van der Waals surface area contributed by atoms with Crippen molar-refractivity contribution in [1.82, 2.24) is 20.3 Å². The van der Waals surface area contributed by atoms with Gasteiger partial charge in [0.2, 0.25) is 5.91 Å². The zero-order chi connectivity index (χ0) is 17.4. The second-order valence-corrected chi connectivity index (χ2v) is 7.56. The van der Waals surface area contributed by atoms with Crippen LogP contribution in [0.2, 0.25) is 5.02 Å². The number of carbonyl (C=O) groups excluding carboxylic acids is 1. The van der Waals surface area contributed by atoms with E-state index in [-0.39, 0.29) is 24.3 Å². The van der Waals surface area contributed by atoms with E-state index in [0.29, 0.717) is 36.1 Å². The summed E-state index contributed by atoms with van der Waals surface area (Å²) in [4.78, 5) is 12.2. The van der Waals surface area contributed by atoms with Crippen LogP contribution in [-0.4, -0.2) is 38.1 Å². The van der Waals surface area contributed by atoms with E-state index in [2.05, 4.69) is 15.6 Å². The molecule has 134 valence electrons. The van der Waals surface area contributed by atoms with Gasteiger partial charge in [0.15, 0.2) is 0 Å². The van der Waals surface area contributed by atoms with Crippen molar-refractivity contribution >= 4 is 17.5 Å². The Balaban J connectivity index is 1.28. The summed E-state index contributed by atoms with van der Waals surface area (Å²) in [5.41, 5.74) is 0.946. The number of aliphatic hydroxyl groups excluding tert-OH is 1. The van der Waals surface area contributed by atoms with Crippen LogP contribution in [0.5, 0.6) is 0 Å². The first kappa shape index (κ1) is 16.6. The SMILES string of the molecule is O=C(Cc1cc(C2CC2)no1)N[C@@H]1CC(Cn2cc(Cl)cn2)C[C@H]1O. The lowest BCUT2D eigenvalue weighted by molar-refractivity contribution is -0.122. The normalized spacial score (nSPS) is 26.1. The molecule has 2 aliphatic carbocycles. The Hall–Kier alpha value is -1.86. The van der Waals surface area contributed by atoms with Crippen molar-refractivity contribution in [2.24, 2.45) is 5.92 Å². The van der Waals surface area contributed by atoms with Crippen molar-refractivity contribution in [3.05, 3.63) is 34.9 Å². The Morgan fingerprint density at radius 1 is 1.44 bits per heavy atom. The zero-order valence-electron chi connectivity index (χ0n) is 13.8. The highest BCUT2D eigenvalue weighted by atomic mass is 35.5. The van der Waals surface area contributed by atoms with Gasteiger partial charge in [0, 0.05) is 24.7 Å². The number of hydrogen-bond acceptors (Lipinski definition) is 5. The summed E-state index contributed by atoms with van der Waals surface area (Å²) in [6.07, 6.45) is 6.62. The van der Waals surface area contributed by atoms with E-state index in [9.17, 15) is 9.90 Å². The van der Waals surface area contributed by atoms with Crippen molar-refractivity contribution < 1.29 is 14.4 Å². The maximum absolute atomic E-state index is 12.2. The van der Waals surface area contributed by atoms with Crippen LogP contribution in [0.4, 0.5) is 0 Å². The first-order chi connectivity index (χ1) is 12.1. The van der Waals surface area contributed by atoms with Crippen LogP contribution in [0.25, 0.3) is 0 Å². The van der Waals surface area contributed by atoms with Gasteiger partial charge in [-0.1, -0.05) is 16.8 Å². The molecule has 0 radical (unpaired) electrons. The van der Waals surface area contributed by atoms with E-state index in [1.54, 1.807) is 17.1 Å². The van der Waals surface area contributed by atoms with Crippen LogP contribution >= 0.6 is 11.6 Å². The molecular formula is C17H21ClN4O3. The first-order valence-electron chi connectivity index (χ1n) is 8.67. The van der Waals surface area contributed by atoms with Gasteiger partial charge in [0.05, 0.1) is 35.5 Å². The van der Waals surface area contributed by atoms with Gasteiger partial charge in [-0.15, -0.1) is 0 Å². The van der Waals surface area contributed by atoms with Gasteiger partial charge in [-0.2, -0.15) is 5.10 Å². The molecule has 2 saturated carbocycles. The number of hydrogen-bond donors (Lipinski definition) is 2. The average molecular weight is 365 g/mol. The first-order valence-corrected chi connectivity index (χ1v) is 9.05. The topological polar surface area (TPSA) is 93.2 Å². The van der Waals surface area contributed by atoms with Crippen LogP contribution < -0.4 is 5.32 Å². The summed E-state index contributed by atoms with van der Waals surface area (Å²) >= 11 is 5.87. The lowest BCUT2D eigenvalue weighted by atomic mass is 10.1. The second kappa shape index (κ2) is 6.80. The Bertz CT molecular complexity index is 755. The molecule has 2 aromatic heterocycles. The van der Waals surface area contributed by atoms with Crippen LogP contribution in [0, 0.1) is 5.92 Å². The van der Waals surface area contributed by atoms with Gasteiger partial charge in [-0.3, -0.25) is 9.48 Å². The molecule has 0 bridgehead atoms. The molecule has 7 nitrogen and oxygen atoms in total. The van der Waals surface area contributed by atoms with Crippen LogP contribution in [0.15, 0.2) is 23.0 Å². The highest BCUT2D eigenvalue weighted by Crippen LogP contribution is 2.39. The van der Waals surface area contributed by atoms with E-state index in [1.807, 2.05) is 6.07 Å². The van der Waals surface area contributed by atoms with Gasteiger partial charge in [0.1, 0.15) is 5.76 Å². The number of nitrogens with zero attached hydrogens (tertiary/aromatic N) is 3. The molecule has 4 rings (SSSR count). The molecule has 3 atom stereocenters. The van der Waals surface area contributed by atoms with Crippen LogP contribution in [0.1, 0.15) is 43.1 Å². The fraction of sp³-hybridized carbons (Fsp3) is 0.588. The van der Waals surface area contributed by atoms with Crippen LogP contribution in [0.3, 0.4) is 0 Å². The van der Waals surface area contributed by atoms with Gasteiger partial charge < -0.3 is 14.9 Å². The monoisotopic (exact) mass is 364 g/mol. The summed E-state index contributed by atoms with van der Waals surface area (Å²) in [5, 5.41) is 21.9. The Morgan fingerprint density at radius 2 is 2.28 bits per heavy atom. The minimum absolute atomic E-state index is 0.148. The minimum atomic E-state index is -0.545. The molecule has 8 heteroatoms. The van der Waals surface area contributed by atoms with E-state index in [4.69, 9.17) is 16.1 Å². The third-order valence-electron chi connectivity index (χ3n) is 4.93. The lowest BCUT2D eigenvalue weighted by Gasteiger charge is -2.15. The predicted octanol–water partition coefficient (Wildman–Crippen LogP) is 1.90. The molecular weight excluding hydrogens is 344 g/mol. The Morgan fingerprint density at radius 3 is 3.00 bits per heavy atom. The molecule has 2 aromatic rings. The van der Waals surface area contributed by atoms with Gasteiger partial charge in [-0.25, -0.2) is 0 Å². The van der Waals surface area contributed by atoms with E-state index >= 15 is 0 Å². The summed E-state index contributed by atoms with van der Waals surface area (Å²) < 4.78 is 7.01. The Kier molecular flexibility index (Phi) is 4.52. The molecule has 0 aromatic carbocycles. The summed E-state index contributed by atoms with van der Waals surface area (Å²) in [7, 11) is 0. The number of amides is 1. The zero-order valence-corrected chi connectivity index (χ0v) is 14.5. The van der Waals surface area contributed by atoms with Crippen molar-refractivity contribution in [2.45, 2.75) is 56.7 Å². The molecule has 0 aliphatic heterocycles.